The third-order valence-electron chi connectivity index (χ3n) is 5.50. The van der Waals surface area contributed by atoms with Crippen LogP contribution in [0.4, 0.5) is 10.6 Å². The van der Waals surface area contributed by atoms with Crippen LogP contribution in [0.2, 0.25) is 0 Å². The second-order valence-corrected chi connectivity index (χ2v) is 9.67. The van der Waals surface area contributed by atoms with Gasteiger partial charge in [0.05, 0.1) is 7.11 Å². The number of hydrogen-bond donors (Lipinski definition) is 0. The Kier molecular flexibility index (Phi) is 6.77. The van der Waals surface area contributed by atoms with Crippen molar-refractivity contribution in [3.63, 3.8) is 0 Å². The van der Waals surface area contributed by atoms with Crippen LogP contribution in [0.15, 0.2) is 53.3 Å². The summed E-state index contributed by atoms with van der Waals surface area (Å²) >= 11 is 0. The maximum atomic E-state index is 13.8. The average molecular weight is 449 g/mol. The molecular weight excluding hydrogens is 416 g/mol. The average Bonchev–Trinajstić information content (AvgIpc) is 2.75. The Hall–Kier alpha value is -3.41. The molecule has 1 amide bonds. The number of carbonyl (C=O) groups excluding carboxylic acids is 2. The summed E-state index contributed by atoms with van der Waals surface area (Å²) in [6.45, 7) is 11.7. The molecule has 0 atom stereocenters. The number of hydrogen-bond acceptors (Lipinski definition) is 4. The molecule has 3 aromatic rings. The smallest absolute Gasteiger partial charge is 0.415 e. The molecule has 174 valence electrons. The molecule has 2 aromatic carbocycles. The number of fused-ring (bicyclic) bond motifs is 1. The van der Waals surface area contributed by atoms with Crippen molar-refractivity contribution in [2.24, 2.45) is 5.92 Å². The molecule has 0 fully saturated rings. The Labute approximate surface area is 194 Å². The van der Waals surface area contributed by atoms with Gasteiger partial charge in [-0.3, -0.25) is 19.1 Å². The van der Waals surface area contributed by atoms with E-state index in [1.54, 1.807) is 27.7 Å². The van der Waals surface area contributed by atoms with E-state index >= 15 is 0 Å². The Morgan fingerprint density at radius 1 is 1.03 bits per heavy atom. The van der Waals surface area contributed by atoms with E-state index in [1.165, 1.54) is 14.0 Å². The highest BCUT2D eigenvalue weighted by atomic mass is 16.5. The lowest BCUT2D eigenvalue weighted by atomic mass is 9.94. The molecule has 0 spiro atoms. The minimum Gasteiger partial charge on any atom is -0.452 e. The Balaban J connectivity index is 2.64. The van der Waals surface area contributed by atoms with E-state index < -0.39 is 11.6 Å². The highest BCUT2D eigenvalue weighted by Gasteiger charge is 2.35. The maximum absolute atomic E-state index is 13.8. The molecule has 1 heterocycles. The molecule has 0 aliphatic carbocycles. The first-order valence-corrected chi connectivity index (χ1v) is 11.1. The first-order chi connectivity index (χ1) is 15.5. The molecule has 0 aliphatic rings. The highest BCUT2D eigenvalue weighted by molar-refractivity contribution is 6.08. The van der Waals surface area contributed by atoms with Gasteiger partial charge in [0.1, 0.15) is 5.82 Å². The van der Waals surface area contributed by atoms with Crippen molar-refractivity contribution in [2.75, 3.05) is 12.0 Å². The van der Waals surface area contributed by atoms with Gasteiger partial charge in [0.25, 0.3) is 5.56 Å². The van der Waals surface area contributed by atoms with Crippen molar-refractivity contribution in [2.45, 2.75) is 53.6 Å². The third-order valence-corrected chi connectivity index (χ3v) is 5.50. The summed E-state index contributed by atoms with van der Waals surface area (Å²) in [6.07, 6.45) is -0.557. The van der Waals surface area contributed by atoms with Gasteiger partial charge in [-0.25, -0.2) is 4.79 Å². The fourth-order valence-electron chi connectivity index (χ4n) is 4.08. The number of carbonyl (C=O) groups is 2. The molecule has 6 nitrogen and oxygen atoms in total. The summed E-state index contributed by atoms with van der Waals surface area (Å²) in [6, 6.07) is 14.8. The molecule has 0 saturated carbocycles. The van der Waals surface area contributed by atoms with Crippen LogP contribution in [0.25, 0.3) is 21.9 Å². The number of benzene rings is 2. The van der Waals surface area contributed by atoms with Gasteiger partial charge in [-0.1, -0.05) is 50.2 Å². The monoisotopic (exact) mass is 448 g/mol. The number of aromatic nitrogens is 1. The van der Waals surface area contributed by atoms with Crippen LogP contribution in [0.1, 0.15) is 51.9 Å². The van der Waals surface area contributed by atoms with E-state index in [9.17, 15) is 14.4 Å². The summed E-state index contributed by atoms with van der Waals surface area (Å²) in [5.74, 6) is 0.524. The number of anilines is 1. The van der Waals surface area contributed by atoms with E-state index in [0.29, 0.717) is 34.3 Å². The topological polar surface area (TPSA) is 68.6 Å². The van der Waals surface area contributed by atoms with E-state index in [0.717, 1.165) is 5.56 Å². The number of ketones is 1. The largest absolute Gasteiger partial charge is 0.452 e. The second-order valence-electron chi connectivity index (χ2n) is 9.67. The summed E-state index contributed by atoms with van der Waals surface area (Å²) < 4.78 is 6.85. The summed E-state index contributed by atoms with van der Waals surface area (Å²) in [5.41, 5.74) is 1.17. The number of methoxy groups -OCH3 is 1. The van der Waals surface area contributed by atoms with Gasteiger partial charge < -0.3 is 4.74 Å². The molecule has 0 aliphatic heterocycles. The molecule has 0 unspecified atom stereocenters. The molecule has 0 saturated heterocycles. The molecule has 0 bridgehead atoms. The SMILES string of the molecule is COC(=O)N(c1c(-c2ccccc2)c2cc(C(C)=O)ccc2c(=O)n1CC(C)C)C(C)(C)C. The van der Waals surface area contributed by atoms with Gasteiger partial charge in [0.15, 0.2) is 5.78 Å². The van der Waals surface area contributed by atoms with Crippen LogP contribution >= 0.6 is 0 Å². The van der Waals surface area contributed by atoms with Gasteiger partial charge in [0.2, 0.25) is 0 Å². The number of amides is 1. The second kappa shape index (κ2) is 9.22. The number of Topliss-reactive ketones (excluding diaryl/α,β-unsaturated/α-hetero) is 1. The van der Waals surface area contributed by atoms with Crippen LogP contribution in [0.3, 0.4) is 0 Å². The summed E-state index contributed by atoms with van der Waals surface area (Å²) in [4.78, 5) is 40.7. The fourth-order valence-corrected chi connectivity index (χ4v) is 4.08. The van der Waals surface area contributed by atoms with E-state index in [2.05, 4.69) is 0 Å². The predicted octanol–water partition coefficient (Wildman–Crippen LogP) is 5.90. The lowest BCUT2D eigenvalue weighted by Gasteiger charge is -2.37. The van der Waals surface area contributed by atoms with Crippen LogP contribution in [0, 0.1) is 5.92 Å². The van der Waals surface area contributed by atoms with Gasteiger partial charge in [-0.15, -0.1) is 0 Å². The van der Waals surface area contributed by atoms with Gasteiger partial charge in [-0.2, -0.15) is 0 Å². The van der Waals surface area contributed by atoms with Crippen molar-refractivity contribution in [3.8, 4) is 11.1 Å². The zero-order valence-corrected chi connectivity index (χ0v) is 20.4. The van der Waals surface area contributed by atoms with Gasteiger partial charge in [0, 0.05) is 28.6 Å². The molecule has 3 rings (SSSR count). The molecule has 6 heteroatoms. The van der Waals surface area contributed by atoms with E-state index in [-0.39, 0.29) is 17.3 Å². The molecule has 1 aromatic heterocycles. The fraction of sp³-hybridized carbons (Fsp3) is 0.370. The zero-order valence-electron chi connectivity index (χ0n) is 20.4. The number of ether oxygens (including phenoxy) is 1. The maximum Gasteiger partial charge on any atom is 0.415 e. The van der Waals surface area contributed by atoms with Gasteiger partial charge >= 0.3 is 6.09 Å². The molecule has 0 radical (unpaired) electrons. The standard InChI is InChI=1S/C27H32N2O4/c1-17(2)16-28-24(29(26(32)33-7)27(4,5)6)23(19-11-9-8-10-12-19)22-15-20(18(3)30)13-14-21(22)25(28)31/h8-15,17H,16H2,1-7H3. The van der Waals surface area contributed by atoms with Crippen molar-refractivity contribution in [1.29, 1.82) is 0 Å². The van der Waals surface area contributed by atoms with Crippen LogP contribution in [-0.4, -0.2) is 29.1 Å². The Morgan fingerprint density at radius 3 is 2.18 bits per heavy atom. The van der Waals surface area contributed by atoms with Crippen molar-refractivity contribution >= 4 is 28.5 Å². The Bertz CT molecular complexity index is 1250. The minimum absolute atomic E-state index is 0.0931. The summed E-state index contributed by atoms with van der Waals surface area (Å²) in [7, 11) is 1.34. The van der Waals surface area contributed by atoms with Crippen molar-refractivity contribution in [3.05, 3.63) is 64.4 Å². The number of rotatable bonds is 5. The highest BCUT2D eigenvalue weighted by Crippen LogP contribution is 2.39. The van der Waals surface area contributed by atoms with Crippen LogP contribution in [0.5, 0.6) is 0 Å². The van der Waals surface area contributed by atoms with E-state index in [1.807, 2.05) is 65.0 Å². The predicted molar refractivity (Wildman–Crippen MR) is 133 cm³/mol. The van der Waals surface area contributed by atoms with Gasteiger partial charge in [-0.05, 0) is 56.7 Å². The summed E-state index contributed by atoms with van der Waals surface area (Å²) in [5, 5.41) is 1.13. The zero-order chi connectivity index (χ0) is 24.5. The third kappa shape index (κ3) is 4.70. The molecular formula is C27H32N2O4. The Morgan fingerprint density at radius 2 is 1.67 bits per heavy atom. The normalized spacial score (nSPS) is 11.6. The first kappa shape index (κ1) is 24.2. The minimum atomic E-state index is -0.687. The molecule has 33 heavy (non-hydrogen) atoms. The van der Waals surface area contributed by atoms with Crippen LogP contribution in [-0.2, 0) is 11.3 Å². The van der Waals surface area contributed by atoms with Crippen molar-refractivity contribution < 1.29 is 14.3 Å². The lowest BCUT2D eigenvalue weighted by molar-refractivity contribution is 0.101. The van der Waals surface area contributed by atoms with E-state index in [4.69, 9.17) is 4.74 Å². The molecule has 0 N–H and O–H groups in total. The number of pyridine rings is 1. The number of nitrogens with zero attached hydrogens (tertiary/aromatic N) is 2. The quantitative estimate of drug-likeness (QED) is 0.456. The van der Waals surface area contributed by atoms with Crippen LogP contribution < -0.4 is 10.5 Å². The van der Waals surface area contributed by atoms with Crippen molar-refractivity contribution in [1.82, 2.24) is 4.57 Å². The first-order valence-electron chi connectivity index (χ1n) is 11.1. The lowest BCUT2D eigenvalue weighted by Crippen LogP contribution is -2.49.